The van der Waals surface area contributed by atoms with E-state index in [1.807, 2.05) is 50.8 Å². The molecule has 2 rings (SSSR count). The van der Waals surface area contributed by atoms with Crippen LogP contribution in [0.1, 0.15) is 39.7 Å². The highest BCUT2D eigenvalue weighted by molar-refractivity contribution is 5.86. The lowest BCUT2D eigenvalue weighted by molar-refractivity contribution is -0.178. The van der Waals surface area contributed by atoms with Crippen LogP contribution in [0, 0.1) is 0 Å². The van der Waals surface area contributed by atoms with Gasteiger partial charge in [-0.3, -0.25) is 4.79 Å². The molecular formula is C21H29NO3. The number of nitrogens with zero attached hydrogens (tertiary/aromatic N) is 1. The van der Waals surface area contributed by atoms with Crippen molar-refractivity contribution < 1.29 is 14.3 Å². The van der Waals surface area contributed by atoms with Crippen LogP contribution in [-0.2, 0) is 20.8 Å². The average molecular weight is 343 g/mol. The van der Waals surface area contributed by atoms with Gasteiger partial charge in [0.25, 0.3) is 0 Å². The van der Waals surface area contributed by atoms with E-state index >= 15 is 0 Å². The Labute approximate surface area is 150 Å². The Morgan fingerprint density at radius 3 is 2.28 bits per heavy atom. The van der Waals surface area contributed by atoms with Crippen molar-refractivity contribution in [1.82, 2.24) is 4.90 Å². The van der Waals surface area contributed by atoms with Crippen LogP contribution in [0.3, 0.4) is 0 Å². The molecule has 1 unspecified atom stereocenters. The van der Waals surface area contributed by atoms with Crippen molar-refractivity contribution in [2.45, 2.75) is 53.0 Å². The van der Waals surface area contributed by atoms with E-state index in [0.29, 0.717) is 26.2 Å². The highest BCUT2D eigenvalue weighted by Gasteiger charge is 2.28. The number of carbonyl (C=O) groups is 1. The van der Waals surface area contributed by atoms with E-state index in [0.717, 1.165) is 5.56 Å². The first kappa shape index (κ1) is 19.4. The lowest BCUT2D eigenvalue weighted by atomic mass is 10.0. The normalized spacial score (nSPS) is 12.5. The molecule has 2 aromatic carbocycles. The molecule has 0 fully saturated rings. The molecule has 2 aromatic rings. The van der Waals surface area contributed by atoms with E-state index in [9.17, 15) is 4.79 Å². The fraction of sp³-hybridized carbons (Fsp3) is 0.476. The number of hydrogen-bond acceptors (Lipinski definition) is 3. The minimum atomic E-state index is -0.416. The minimum absolute atomic E-state index is 0.102. The van der Waals surface area contributed by atoms with Gasteiger partial charge >= 0.3 is 0 Å². The van der Waals surface area contributed by atoms with Gasteiger partial charge in [-0.05, 0) is 37.1 Å². The summed E-state index contributed by atoms with van der Waals surface area (Å²) in [6.45, 7) is 9.42. The van der Waals surface area contributed by atoms with Gasteiger partial charge in [-0.1, -0.05) is 49.4 Å². The van der Waals surface area contributed by atoms with Gasteiger partial charge in [-0.25, -0.2) is 0 Å². The SMILES string of the molecule is CCOC(OCC)C(C)N(Cc1cccc2ccccc12)C(=O)CC. The highest BCUT2D eigenvalue weighted by Crippen LogP contribution is 2.22. The number of hydrogen-bond donors (Lipinski definition) is 0. The maximum atomic E-state index is 12.6. The van der Waals surface area contributed by atoms with Crippen molar-refractivity contribution in [3.63, 3.8) is 0 Å². The lowest BCUT2D eigenvalue weighted by Gasteiger charge is -2.34. The summed E-state index contributed by atoms with van der Waals surface area (Å²) >= 11 is 0. The summed E-state index contributed by atoms with van der Waals surface area (Å²) in [5.74, 6) is 0.102. The monoisotopic (exact) mass is 343 g/mol. The van der Waals surface area contributed by atoms with Gasteiger partial charge in [0.2, 0.25) is 5.91 Å². The third-order valence-corrected chi connectivity index (χ3v) is 4.39. The largest absolute Gasteiger partial charge is 0.351 e. The molecule has 4 heteroatoms. The average Bonchev–Trinajstić information content (AvgIpc) is 2.65. The fourth-order valence-corrected chi connectivity index (χ4v) is 3.08. The van der Waals surface area contributed by atoms with Crippen LogP contribution < -0.4 is 0 Å². The first-order chi connectivity index (χ1) is 12.1. The maximum Gasteiger partial charge on any atom is 0.223 e. The quantitative estimate of drug-likeness (QED) is 0.635. The summed E-state index contributed by atoms with van der Waals surface area (Å²) in [6, 6.07) is 14.3. The summed E-state index contributed by atoms with van der Waals surface area (Å²) in [6.07, 6.45) is 0.0422. The second-order valence-corrected chi connectivity index (χ2v) is 6.03. The number of amides is 1. The van der Waals surface area contributed by atoms with Crippen molar-refractivity contribution >= 4 is 16.7 Å². The van der Waals surface area contributed by atoms with E-state index in [2.05, 4.69) is 24.3 Å². The van der Waals surface area contributed by atoms with Gasteiger partial charge in [0.15, 0.2) is 6.29 Å². The molecule has 0 bridgehead atoms. The minimum Gasteiger partial charge on any atom is -0.351 e. The smallest absolute Gasteiger partial charge is 0.223 e. The zero-order chi connectivity index (χ0) is 18.2. The Morgan fingerprint density at radius 1 is 1.00 bits per heavy atom. The summed E-state index contributed by atoms with van der Waals surface area (Å²) in [7, 11) is 0. The van der Waals surface area contributed by atoms with Crippen molar-refractivity contribution in [3.05, 3.63) is 48.0 Å². The number of benzene rings is 2. The Balaban J connectivity index is 2.32. The first-order valence-electron chi connectivity index (χ1n) is 9.11. The van der Waals surface area contributed by atoms with E-state index in [4.69, 9.17) is 9.47 Å². The van der Waals surface area contributed by atoms with Gasteiger partial charge in [-0.2, -0.15) is 0 Å². The molecule has 0 aliphatic rings. The molecule has 0 saturated carbocycles. The third-order valence-electron chi connectivity index (χ3n) is 4.39. The van der Waals surface area contributed by atoms with Crippen LogP contribution in [0.4, 0.5) is 0 Å². The number of rotatable bonds is 9. The predicted molar refractivity (Wildman–Crippen MR) is 101 cm³/mol. The van der Waals surface area contributed by atoms with Crippen LogP contribution in [0.25, 0.3) is 10.8 Å². The van der Waals surface area contributed by atoms with Gasteiger partial charge in [0.05, 0.1) is 6.04 Å². The van der Waals surface area contributed by atoms with Crippen LogP contribution in [0.15, 0.2) is 42.5 Å². The fourth-order valence-electron chi connectivity index (χ4n) is 3.08. The molecule has 4 nitrogen and oxygen atoms in total. The van der Waals surface area contributed by atoms with Crippen molar-refractivity contribution in [2.75, 3.05) is 13.2 Å². The Kier molecular flexibility index (Phi) is 7.41. The first-order valence-corrected chi connectivity index (χ1v) is 9.11. The second kappa shape index (κ2) is 9.54. The second-order valence-electron chi connectivity index (χ2n) is 6.03. The molecule has 0 spiro atoms. The third kappa shape index (κ3) is 4.80. The molecule has 1 amide bonds. The van der Waals surface area contributed by atoms with Crippen molar-refractivity contribution in [3.8, 4) is 0 Å². The Morgan fingerprint density at radius 2 is 1.64 bits per heavy atom. The van der Waals surface area contributed by atoms with Crippen molar-refractivity contribution in [2.24, 2.45) is 0 Å². The summed E-state index contributed by atoms with van der Waals surface area (Å²) in [5.41, 5.74) is 1.14. The maximum absolute atomic E-state index is 12.6. The van der Waals surface area contributed by atoms with Gasteiger partial charge in [0, 0.05) is 26.2 Å². The molecule has 0 saturated heterocycles. The molecule has 0 aliphatic heterocycles. The van der Waals surface area contributed by atoms with E-state index in [1.54, 1.807) is 0 Å². The molecule has 0 aromatic heterocycles. The zero-order valence-electron chi connectivity index (χ0n) is 15.7. The molecule has 0 heterocycles. The standard InChI is InChI=1S/C21H29NO3/c1-5-20(23)22(16(4)21(24-6-2)25-7-3)15-18-13-10-12-17-11-8-9-14-19(17)18/h8-14,16,21H,5-7,15H2,1-4H3. The Hall–Kier alpha value is -1.91. The van der Waals surface area contributed by atoms with Crippen molar-refractivity contribution in [1.29, 1.82) is 0 Å². The molecule has 0 radical (unpaired) electrons. The lowest BCUT2D eigenvalue weighted by Crippen LogP contribution is -2.46. The number of ether oxygens (including phenoxy) is 2. The Bertz CT molecular complexity index is 674. The topological polar surface area (TPSA) is 38.8 Å². The van der Waals surface area contributed by atoms with Gasteiger partial charge in [-0.15, -0.1) is 0 Å². The molecule has 0 aliphatic carbocycles. The van der Waals surface area contributed by atoms with E-state index in [-0.39, 0.29) is 11.9 Å². The number of fused-ring (bicyclic) bond motifs is 1. The molecule has 0 N–H and O–H groups in total. The van der Waals surface area contributed by atoms with Crippen LogP contribution in [0.2, 0.25) is 0 Å². The zero-order valence-corrected chi connectivity index (χ0v) is 15.7. The summed E-state index contributed by atoms with van der Waals surface area (Å²) < 4.78 is 11.5. The number of carbonyl (C=O) groups excluding carboxylic acids is 1. The van der Waals surface area contributed by atoms with E-state index in [1.165, 1.54) is 10.8 Å². The summed E-state index contributed by atoms with van der Waals surface area (Å²) in [4.78, 5) is 14.5. The van der Waals surface area contributed by atoms with Crippen LogP contribution in [0.5, 0.6) is 0 Å². The predicted octanol–water partition coefficient (Wildman–Crippen LogP) is 4.37. The molecular weight excluding hydrogens is 314 g/mol. The molecule has 136 valence electrons. The van der Waals surface area contributed by atoms with E-state index < -0.39 is 6.29 Å². The van der Waals surface area contributed by atoms with Gasteiger partial charge < -0.3 is 14.4 Å². The molecule has 25 heavy (non-hydrogen) atoms. The van der Waals surface area contributed by atoms with Gasteiger partial charge in [0.1, 0.15) is 0 Å². The summed E-state index contributed by atoms with van der Waals surface area (Å²) in [5, 5.41) is 2.36. The highest BCUT2D eigenvalue weighted by atomic mass is 16.7. The molecule has 1 atom stereocenters. The van der Waals surface area contributed by atoms with Crippen LogP contribution >= 0.6 is 0 Å². The van der Waals surface area contributed by atoms with Crippen LogP contribution in [-0.4, -0.2) is 36.4 Å².